The maximum Gasteiger partial charge on any atom is 0.416 e. The van der Waals surface area contributed by atoms with Crippen molar-refractivity contribution in [3.63, 3.8) is 0 Å². The van der Waals surface area contributed by atoms with E-state index in [4.69, 9.17) is 16.6 Å². The van der Waals surface area contributed by atoms with Crippen molar-refractivity contribution < 1.29 is 17.6 Å². The van der Waals surface area contributed by atoms with Crippen LogP contribution in [-0.2, 0) is 18.1 Å². The fourth-order valence-electron chi connectivity index (χ4n) is 4.31. The number of benzene rings is 3. The van der Waals surface area contributed by atoms with Crippen molar-refractivity contribution in [2.75, 3.05) is 5.32 Å². The van der Waals surface area contributed by atoms with Crippen molar-refractivity contribution in [1.29, 1.82) is 0 Å². The van der Waals surface area contributed by atoms with E-state index < -0.39 is 23.1 Å². The second kappa shape index (κ2) is 10.6. The Hall–Kier alpha value is -3.75. The van der Waals surface area contributed by atoms with Gasteiger partial charge in [0.1, 0.15) is 11.4 Å². The number of pyridine rings is 1. The molecule has 3 aromatic carbocycles. The predicted molar refractivity (Wildman–Crippen MR) is 143 cm³/mol. The van der Waals surface area contributed by atoms with Crippen LogP contribution in [0.25, 0.3) is 11.3 Å². The normalized spacial score (nSPS) is 13.2. The molecule has 1 atom stereocenters. The summed E-state index contributed by atoms with van der Waals surface area (Å²) < 4.78 is 56.2. The smallest absolute Gasteiger partial charge is 0.346 e. The van der Waals surface area contributed by atoms with E-state index in [1.165, 1.54) is 17.5 Å². The van der Waals surface area contributed by atoms with Crippen LogP contribution in [0.15, 0.2) is 103 Å². The van der Waals surface area contributed by atoms with Gasteiger partial charge in [-0.05, 0) is 41.5 Å². The Bertz CT molecular complexity index is 1520. The van der Waals surface area contributed by atoms with Crippen molar-refractivity contribution in [2.45, 2.75) is 18.1 Å². The van der Waals surface area contributed by atoms with Gasteiger partial charge in [0.15, 0.2) is 5.13 Å². The first-order chi connectivity index (χ1) is 18.2. The molecule has 3 nitrogen and oxygen atoms in total. The number of anilines is 1. The summed E-state index contributed by atoms with van der Waals surface area (Å²) in [6, 6.07) is 24.5. The maximum atomic E-state index is 14.8. The van der Waals surface area contributed by atoms with Gasteiger partial charge in [-0.1, -0.05) is 72.3 Å². The first-order valence-electron chi connectivity index (χ1n) is 11.6. The minimum Gasteiger partial charge on any atom is -0.346 e. The van der Waals surface area contributed by atoms with Crippen molar-refractivity contribution >= 4 is 28.1 Å². The number of alkyl halides is 3. The van der Waals surface area contributed by atoms with Crippen LogP contribution < -0.4 is 5.32 Å². The van der Waals surface area contributed by atoms with Gasteiger partial charge in [-0.2, -0.15) is 13.2 Å². The summed E-state index contributed by atoms with van der Waals surface area (Å²) in [5.41, 5.74) is 0.297. The van der Waals surface area contributed by atoms with E-state index in [2.05, 4.69) is 10.3 Å². The van der Waals surface area contributed by atoms with Gasteiger partial charge in [0.2, 0.25) is 0 Å². The Balaban J connectivity index is 1.72. The molecule has 5 aromatic rings. The van der Waals surface area contributed by atoms with Gasteiger partial charge in [-0.25, -0.2) is 9.37 Å². The Morgan fingerprint density at radius 2 is 1.53 bits per heavy atom. The first kappa shape index (κ1) is 25.9. The average molecular weight is 554 g/mol. The molecule has 0 spiro atoms. The van der Waals surface area contributed by atoms with Crippen LogP contribution in [0.2, 0.25) is 5.02 Å². The monoisotopic (exact) mass is 553 g/mol. The van der Waals surface area contributed by atoms with Gasteiger partial charge in [-0.15, -0.1) is 11.3 Å². The molecule has 0 aliphatic carbocycles. The number of aromatic nitrogens is 2. The topological polar surface area (TPSA) is 37.8 Å². The summed E-state index contributed by atoms with van der Waals surface area (Å²) in [5, 5.41) is 6.01. The van der Waals surface area contributed by atoms with E-state index in [1.807, 2.05) is 66.0 Å². The largest absolute Gasteiger partial charge is 0.416 e. The van der Waals surface area contributed by atoms with Crippen molar-refractivity contribution in [3.05, 3.63) is 136 Å². The van der Waals surface area contributed by atoms with Crippen LogP contribution in [-0.4, -0.2) is 9.97 Å². The van der Waals surface area contributed by atoms with Crippen LogP contribution in [0.1, 0.15) is 22.4 Å². The number of halogens is 5. The molecular weight excluding hydrogens is 534 g/mol. The van der Waals surface area contributed by atoms with Crippen LogP contribution in [0.3, 0.4) is 0 Å². The van der Waals surface area contributed by atoms with E-state index in [1.54, 1.807) is 12.1 Å². The summed E-state index contributed by atoms with van der Waals surface area (Å²) in [6.07, 6.45) is -3.17. The molecule has 2 heterocycles. The molecule has 1 unspecified atom stereocenters. The number of hydrogen-bond acceptors (Lipinski definition) is 4. The van der Waals surface area contributed by atoms with E-state index in [-0.39, 0.29) is 12.0 Å². The lowest BCUT2D eigenvalue weighted by Crippen LogP contribution is -2.40. The summed E-state index contributed by atoms with van der Waals surface area (Å²) in [7, 11) is 0. The van der Waals surface area contributed by atoms with E-state index in [9.17, 15) is 17.6 Å². The molecule has 0 aliphatic heterocycles. The van der Waals surface area contributed by atoms with Gasteiger partial charge in [0.05, 0.1) is 22.0 Å². The Kier molecular flexibility index (Phi) is 7.19. The fraction of sp³-hybridized carbons (Fsp3) is 0.103. The summed E-state index contributed by atoms with van der Waals surface area (Å²) in [4.78, 5) is 9.19. The van der Waals surface area contributed by atoms with Gasteiger partial charge < -0.3 is 5.32 Å². The number of nitrogens with zero attached hydrogens (tertiary/aromatic N) is 2. The molecule has 0 saturated heterocycles. The molecule has 0 saturated carbocycles. The number of thiazole rings is 1. The molecule has 9 heteroatoms. The lowest BCUT2D eigenvalue weighted by Gasteiger charge is -2.36. The van der Waals surface area contributed by atoms with Gasteiger partial charge >= 0.3 is 6.18 Å². The third-order valence-corrected chi connectivity index (χ3v) is 7.07. The van der Waals surface area contributed by atoms with E-state index in [0.29, 0.717) is 27.6 Å². The molecule has 2 aromatic heterocycles. The highest BCUT2D eigenvalue weighted by atomic mass is 35.5. The zero-order valence-electron chi connectivity index (χ0n) is 19.7. The van der Waals surface area contributed by atoms with Gasteiger partial charge in [-0.3, -0.25) is 4.98 Å². The van der Waals surface area contributed by atoms with E-state index >= 15 is 0 Å². The SMILES string of the molecule is Fc1cc(C(F)(F)F)cc(C(Cc2ccccc2)(Nc2nc(-c3ccccc3)cs2)c2ccc(Cl)cn2)c1. The highest BCUT2D eigenvalue weighted by molar-refractivity contribution is 7.14. The highest BCUT2D eigenvalue weighted by Crippen LogP contribution is 2.41. The molecule has 0 fully saturated rings. The lowest BCUT2D eigenvalue weighted by atomic mass is 9.80. The molecular formula is C29H20ClF4N3S. The molecule has 1 N–H and O–H groups in total. The van der Waals surface area contributed by atoms with Gasteiger partial charge in [0.25, 0.3) is 0 Å². The van der Waals surface area contributed by atoms with Crippen LogP contribution in [0.5, 0.6) is 0 Å². The van der Waals surface area contributed by atoms with Crippen LogP contribution in [0.4, 0.5) is 22.7 Å². The minimum absolute atomic E-state index is 0.0555. The second-order valence-corrected chi connectivity index (χ2v) is 9.98. The minimum atomic E-state index is -4.75. The zero-order valence-corrected chi connectivity index (χ0v) is 21.3. The highest BCUT2D eigenvalue weighted by Gasteiger charge is 2.40. The standard InChI is InChI=1S/C29H20ClF4N3S/c30-23-11-12-26(35-17-23)28(16-19-7-3-1-4-8-19,21-13-22(29(32,33)34)15-24(31)14-21)37-27-36-25(18-38-27)20-9-5-2-6-10-20/h1-15,17-18H,16H2,(H,36,37). The average Bonchev–Trinajstić information content (AvgIpc) is 3.37. The van der Waals surface area contributed by atoms with Crippen LogP contribution >= 0.6 is 22.9 Å². The van der Waals surface area contributed by atoms with Crippen molar-refractivity contribution in [2.24, 2.45) is 0 Å². The fourth-order valence-corrected chi connectivity index (χ4v) is 5.21. The molecule has 0 radical (unpaired) electrons. The summed E-state index contributed by atoms with van der Waals surface area (Å²) in [6.45, 7) is 0. The Morgan fingerprint density at radius 1 is 0.842 bits per heavy atom. The third kappa shape index (κ3) is 5.56. The third-order valence-electron chi connectivity index (χ3n) is 6.09. The predicted octanol–water partition coefficient (Wildman–Crippen LogP) is 8.61. The molecule has 0 bridgehead atoms. The summed E-state index contributed by atoms with van der Waals surface area (Å²) in [5.74, 6) is -1.01. The molecule has 0 amide bonds. The Labute approximate surface area is 225 Å². The van der Waals surface area contributed by atoms with Crippen molar-refractivity contribution in [1.82, 2.24) is 9.97 Å². The second-order valence-electron chi connectivity index (χ2n) is 8.68. The molecule has 38 heavy (non-hydrogen) atoms. The number of nitrogens with one attached hydrogen (secondary N) is 1. The van der Waals surface area contributed by atoms with Crippen molar-refractivity contribution in [3.8, 4) is 11.3 Å². The number of rotatable bonds is 7. The molecule has 0 aliphatic rings. The molecule has 192 valence electrons. The molecule has 5 rings (SSSR count). The Morgan fingerprint density at radius 3 is 2.18 bits per heavy atom. The zero-order chi connectivity index (χ0) is 26.8. The first-order valence-corrected chi connectivity index (χ1v) is 12.8. The quantitative estimate of drug-likeness (QED) is 0.205. The summed E-state index contributed by atoms with van der Waals surface area (Å²) >= 11 is 7.40. The maximum absolute atomic E-state index is 14.8. The lowest BCUT2D eigenvalue weighted by molar-refractivity contribution is -0.137. The van der Waals surface area contributed by atoms with Crippen LogP contribution in [0, 0.1) is 5.82 Å². The van der Waals surface area contributed by atoms with E-state index in [0.717, 1.165) is 23.3 Å². The van der Waals surface area contributed by atoms with Gasteiger partial charge in [0, 0.05) is 23.6 Å². The number of hydrogen-bond donors (Lipinski definition) is 1.